The van der Waals surface area contributed by atoms with Crippen LogP contribution in [0, 0.1) is 5.92 Å². The van der Waals surface area contributed by atoms with Crippen molar-refractivity contribution in [2.75, 3.05) is 76.1 Å². The fraction of sp³-hybridized carbons (Fsp3) is 0.857. The highest BCUT2D eigenvalue weighted by Crippen LogP contribution is 2.46. The lowest BCUT2D eigenvalue weighted by atomic mass is 9.94. The van der Waals surface area contributed by atoms with Crippen LogP contribution in [-0.4, -0.2) is 143 Å². The first-order chi connectivity index (χ1) is 35.0. The predicted octanol–water partition coefficient (Wildman–Crippen LogP) is 10.1. The largest absolute Gasteiger partial charge is 0.481 e. The van der Waals surface area contributed by atoms with Crippen LogP contribution in [0.15, 0.2) is 0 Å². The second-order valence-electron chi connectivity index (χ2n) is 17.7. The molecule has 0 unspecified atom stereocenters. The molecule has 0 aromatic rings. The molecule has 0 aliphatic carbocycles. The van der Waals surface area contributed by atoms with Crippen molar-refractivity contribution in [2.24, 2.45) is 5.92 Å². The van der Waals surface area contributed by atoms with E-state index in [-0.39, 0.29) is 100.0 Å². The molecule has 0 aromatic carbocycles. The molecule has 1 aliphatic heterocycles. The predicted molar refractivity (Wildman–Crippen MR) is 296 cm³/mol. The van der Waals surface area contributed by atoms with Gasteiger partial charge in [-0.25, -0.2) is 0 Å². The van der Waals surface area contributed by atoms with Gasteiger partial charge in [-0.15, -0.1) is 0 Å². The highest BCUT2D eigenvalue weighted by atomic mass is 33.2. The van der Waals surface area contributed by atoms with Crippen molar-refractivity contribution in [3.8, 4) is 0 Å². The zero-order chi connectivity index (χ0) is 52.5. The van der Waals surface area contributed by atoms with Crippen molar-refractivity contribution in [2.45, 2.75) is 184 Å². The molecule has 72 heavy (non-hydrogen) atoms. The molecule has 0 spiro atoms. The quantitative estimate of drug-likeness (QED) is 0.0245. The van der Waals surface area contributed by atoms with Gasteiger partial charge in [-0.05, 0) is 38.5 Å². The van der Waals surface area contributed by atoms with Gasteiger partial charge in [-0.2, -0.15) is 0 Å². The van der Waals surface area contributed by atoms with Crippen molar-refractivity contribution in [3.05, 3.63) is 0 Å². The number of ether oxygens (including phenoxy) is 4. The van der Waals surface area contributed by atoms with E-state index in [0.29, 0.717) is 45.4 Å². The monoisotopic (exact) mass is 1130 g/mol. The number of carbonyl (C=O) groups is 7. The Balaban J connectivity index is 1.91. The molecule has 418 valence electrons. The number of carbonyl (C=O) groups excluding carboxylic acids is 4. The van der Waals surface area contributed by atoms with Crippen LogP contribution in [0.2, 0.25) is 0 Å². The number of nitrogens with one attached hydrogen (secondary N) is 3. The van der Waals surface area contributed by atoms with E-state index < -0.39 is 29.9 Å². The van der Waals surface area contributed by atoms with Crippen molar-refractivity contribution in [1.82, 2.24) is 16.0 Å². The molecule has 1 heterocycles. The van der Waals surface area contributed by atoms with Crippen LogP contribution in [0.4, 0.5) is 0 Å². The third-order valence-electron chi connectivity index (χ3n) is 11.4. The number of aliphatic carboxylic acids is 3. The maximum Gasteiger partial charge on any atom is 0.320 e. The van der Waals surface area contributed by atoms with Gasteiger partial charge in [0.2, 0.25) is 11.8 Å². The lowest BCUT2D eigenvalue weighted by molar-refractivity contribution is -0.144. The van der Waals surface area contributed by atoms with Crippen LogP contribution >= 0.6 is 64.8 Å². The highest BCUT2D eigenvalue weighted by molar-refractivity contribution is 8.92. The molecule has 2 amide bonds. The van der Waals surface area contributed by atoms with Crippen LogP contribution < -0.4 is 16.0 Å². The van der Waals surface area contributed by atoms with E-state index in [1.165, 1.54) is 57.8 Å². The van der Waals surface area contributed by atoms with Gasteiger partial charge in [0.25, 0.3) is 0 Å². The molecule has 1 rings (SSSR count). The van der Waals surface area contributed by atoms with Gasteiger partial charge in [-0.1, -0.05) is 167 Å². The average Bonchev–Trinajstić information content (AvgIpc) is 3.48. The van der Waals surface area contributed by atoms with Crippen molar-refractivity contribution in [3.63, 3.8) is 0 Å². The molecule has 0 bridgehead atoms. The maximum absolute atomic E-state index is 12.5. The van der Waals surface area contributed by atoms with Crippen LogP contribution in [0.5, 0.6) is 0 Å². The summed E-state index contributed by atoms with van der Waals surface area (Å²) in [5.41, 5.74) is 0. The smallest absolute Gasteiger partial charge is 0.320 e. The summed E-state index contributed by atoms with van der Waals surface area (Å²) in [5.74, 6) is -4.17. The first-order valence-electron chi connectivity index (χ1n) is 26.1. The molecular formula is C49H87N3O14S6. The fourth-order valence-corrected chi connectivity index (χ4v) is 17.8. The first-order valence-corrected chi connectivity index (χ1v) is 33.3. The standard InChI is InChI=1S/C49H87N3O14S6/c53-41(21-16-13-11-9-7-5-3-1-2-4-6-8-10-12-14-18-24-46(57)58)35-40(47(59)60)25-26-44(55)51-28-30-64-32-33-65-36-42(54)22-20-29-63-31-34-66-37-45(56)50-27-19-15-17-23-43(48(61)62)52-49-71-69-38-67-68-39-70-72-49/h40,43,49,52H,1-39H2,(H,50,56)(H,51,55)(H,57,58)(H,59,60)(H,61,62)/t40-,43+/m1/s1. The number of amides is 2. The summed E-state index contributed by atoms with van der Waals surface area (Å²) in [5, 5.41) is 38.7. The van der Waals surface area contributed by atoms with E-state index in [0.717, 1.165) is 74.4 Å². The topological polar surface area (TPSA) is 253 Å². The normalized spacial score (nSPS) is 14.2. The summed E-state index contributed by atoms with van der Waals surface area (Å²) >= 11 is 0. The Kier molecular flexibility index (Phi) is 48.0. The van der Waals surface area contributed by atoms with Gasteiger partial charge in [0, 0.05) is 51.8 Å². The van der Waals surface area contributed by atoms with E-state index in [4.69, 9.17) is 24.1 Å². The highest BCUT2D eigenvalue weighted by Gasteiger charge is 2.24. The number of ketones is 2. The van der Waals surface area contributed by atoms with E-state index in [9.17, 15) is 43.8 Å². The van der Waals surface area contributed by atoms with Crippen molar-refractivity contribution in [1.29, 1.82) is 0 Å². The lowest BCUT2D eigenvalue weighted by Crippen LogP contribution is -2.40. The van der Waals surface area contributed by atoms with Gasteiger partial charge < -0.3 is 44.9 Å². The summed E-state index contributed by atoms with van der Waals surface area (Å²) in [4.78, 5) is 83.1. The molecule has 1 aliphatic rings. The second kappa shape index (κ2) is 50.4. The van der Waals surface area contributed by atoms with Gasteiger partial charge in [0.05, 0.1) is 49.1 Å². The number of carboxylic acids is 3. The molecule has 2 atom stereocenters. The van der Waals surface area contributed by atoms with E-state index in [1.54, 1.807) is 43.2 Å². The summed E-state index contributed by atoms with van der Waals surface area (Å²) in [7, 11) is 10.4. The van der Waals surface area contributed by atoms with Crippen LogP contribution in [-0.2, 0) is 52.5 Å². The van der Waals surface area contributed by atoms with Crippen LogP contribution in [0.1, 0.15) is 173 Å². The SMILES string of the molecule is O=C(O)CCCCCCCCCCCCCCCCCCC(=O)C[C@@H](CCC(=O)NCCOCCOCC(=O)CCCOCCOCC(=O)NCCCCC[C@H](NC1SSCSSCSS1)C(=O)O)C(=O)O. The molecule has 0 aromatic heterocycles. The first kappa shape index (κ1) is 68.6. The Bertz CT molecular complexity index is 1430. The average molecular weight is 1130 g/mol. The number of unbranched alkanes of at least 4 members (excludes halogenated alkanes) is 17. The molecular weight excluding hydrogens is 1050 g/mol. The second-order valence-corrected chi connectivity index (χ2v) is 26.1. The van der Waals surface area contributed by atoms with Gasteiger partial charge in [0.15, 0.2) is 5.78 Å². The van der Waals surface area contributed by atoms with E-state index >= 15 is 0 Å². The molecule has 0 saturated carbocycles. The van der Waals surface area contributed by atoms with Crippen LogP contribution in [0.3, 0.4) is 0 Å². The Morgan fingerprint density at radius 2 is 0.944 bits per heavy atom. The molecule has 0 radical (unpaired) electrons. The Morgan fingerprint density at radius 3 is 1.51 bits per heavy atom. The lowest BCUT2D eigenvalue weighted by Gasteiger charge is -2.21. The Morgan fingerprint density at radius 1 is 0.444 bits per heavy atom. The number of hydrogen-bond donors (Lipinski definition) is 6. The molecule has 23 heteroatoms. The van der Waals surface area contributed by atoms with Gasteiger partial charge in [0.1, 0.15) is 29.7 Å². The minimum Gasteiger partial charge on any atom is -0.481 e. The summed E-state index contributed by atoms with van der Waals surface area (Å²) in [6.07, 6.45) is 22.4. The van der Waals surface area contributed by atoms with Gasteiger partial charge in [-0.3, -0.25) is 38.9 Å². The zero-order valence-corrected chi connectivity index (χ0v) is 47.5. The molecule has 1 saturated heterocycles. The molecule has 1 fully saturated rings. The Labute approximate surface area is 453 Å². The fourth-order valence-electron chi connectivity index (χ4n) is 7.38. The minimum atomic E-state index is -1.07. The number of rotatable bonds is 51. The zero-order valence-electron chi connectivity index (χ0n) is 42.6. The van der Waals surface area contributed by atoms with Gasteiger partial charge >= 0.3 is 17.9 Å². The number of carboxylic acid groups (broad SMARTS) is 3. The van der Waals surface area contributed by atoms with Crippen LogP contribution in [0.25, 0.3) is 0 Å². The van der Waals surface area contributed by atoms with Crippen molar-refractivity contribution >= 4 is 106 Å². The third kappa shape index (κ3) is 45.9. The third-order valence-corrected chi connectivity index (χ3v) is 21.3. The Hall–Kier alpha value is -1.41. The van der Waals surface area contributed by atoms with E-state index in [2.05, 4.69) is 16.0 Å². The molecule has 6 N–H and O–H groups in total. The maximum atomic E-state index is 12.5. The van der Waals surface area contributed by atoms with E-state index in [1.807, 2.05) is 21.6 Å². The summed E-state index contributed by atoms with van der Waals surface area (Å²) in [6.45, 7) is 2.17. The summed E-state index contributed by atoms with van der Waals surface area (Å²) < 4.78 is 21.7. The number of Topliss-reactive ketones (excluding diaryl/α,β-unsaturated/α-hetero) is 2. The molecule has 17 nitrogen and oxygen atoms in total. The van der Waals surface area contributed by atoms with Crippen molar-refractivity contribution < 1.29 is 67.8 Å². The minimum absolute atomic E-state index is 0.00344. The number of hydrogen-bond acceptors (Lipinski definition) is 18. The summed E-state index contributed by atoms with van der Waals surface area (Å²) in [6, 6.07) is -0.609.